The highest BCUT2D eigenvalue weighted by molar-refractivity contribution is 7.82. The van der Waals surface area contributed by atoms with E-state index in [4.69, 9.17) is 32.4 Å². The number of hydrogen-bond donors (Lipinski definition) is 6. The van der Waals surface area contributed by atoms with Gasteiger partial charge in [-0.1, -0.05) is 0 Å². The molecule has 0 aliphatic carbocycles. The molecule has 2 fully saturated rings. The molecule has 0 saturated carbocycles. The van der Waals surface area contributed by atoms with Crippen molar-refractivity contribution in [2.24, 2.45) is 0 Å². The third-order valence-electron chi connectivity index (χ3n) is 4.79. The summed E-state index contributed by atoms with van der Waals surface area (Å²) in [6.45, 7) is -4.17. The number of hydrogen-bond acceptors (Lipinski definition) is 21. The van der Waals surface area contributed by atoms with Crippen LogP contribution in [0.4, 0.5) is 0 Å². The van der Waals surface area contributed by atoms with Crippen molar-refractivity contribution in [2.45, 2.75) is 49.0 Å². The van der Waals surface area contributed by atoms with E-state index in [-0.39, 0.29) is 0 Å². The molecule has 0 radical (unpaired) electrons. The van der Waals surface area contributed by atoms with Gasteiger partial charge in [0.15, 0.2) is 12.4 Å². The Morgan fingerprint density at radius 2 is 0.886 bits per heavy atom. The van der Waals surface area contributed by atoms with Gasteiger partial charge in [0.05, 0.1) is 19.8 Å². The summed E-state index contributed by atoms with van der Waals surface area (Å²) in [6, 6.07) is 0. The normalized spacial score (nSPS) is 31.2. The van der Waals surface area contributed by atoms with Crippen molar-refractivity contribution >= 4 is 62.4 Å². The van der Waals surface area contributed by atoms with Gasteiger partial charge in [0, 0.05) is 0 Å². The van der Waals surface area contributed by atoms with Gasteiger partial charge in [0.25, 0.3) is 0 Å². The molecule has 262 valence electrons. The minimum atomic E-state index is -5.80. The fraction of sp³-hybridized carbons (Fsp3) is 1.00. The van der Waals surface area contributed by atoms with Crippen LogP contribution >= 0.6 is 0 Å². The fourth-order valence-electron chi connectivity index (χ4n) is 3.55. The zero-order valence-electron chi connectivity index (χ0n) is 20.4. The van der Waals surface area contributed by atoms with Gasteiger partial charge in [-0.2, -0.15) is 50.5 Å². The second kappa shape index (κ2) is 14.1. The molecule has 2 heterocycles. The Kier molecular flexibility index (Phi) is 12.6. The molecule has 0 unspecified atom stereocenters. The van der Waals surface area contributed by atoms with Crippen molar-refractivity contribution in [3.05, 3.63) is 0 Å². The maximum Gasteiger partial charge on any atom is 0.397 e. The van der Waals surface area contributed by atoms with Crippen LogP contribution in [-0.4, -0.2) is 147 Å². The first-order valence-electron chi connectivity index (χ1n) is 10.3. The van der Waals surface area contributed by atoms with Gasteiger partial charge in [0.2, 0.25) is 0 Å². The van der Waals surface area contributed by atoms with Crippen molar-refractivity contribution < 1.29 is 117 Å². The van der Waals surface area contributed by atoms with Crippen LogP contribution in [0.5, 0.6) is 0 Å². The zero-order valence-corrected chi connectivity index (χ0v) is 25.3. The van der Waals surface area contributed by atoms with E-state index in [1.54, 1.807) is 0 Å². The zero-order chi connectivity index (χ0) is 34.1. The molecule has 0 bridgehead atoms. The van der Waals surface area contributed by atoms with Crippen LogP contribution in [0, 0.1) is 0 Å². The van der Waals surface area contributed by atoms with Gasteiger partial charge in [-0.15, -0.1) is 0 Å². The van der Waals surface area contributed by atoms with Gasteiger partial charge in [-0.3, -0.25) is 27.3 Å². The van der Waals surface area contributed by atoms with E-state index in [1.165, 1.54) is 0 Å². The molecule has 6 N–H and O–H groups in total. The first-order valence-corrected chi connectivity index (χ1v) is 18.5. The van der Waals surface area contributed by atoms with E-state index in [0.717, 1.165) is 0 Å². The van der Waals surface area contributed by atoms with Crippen LogP contribution in [0.2, 0.25) is 0 Å². The molecule has 0 amide bonds. The Hall–Kier alpha value is -0.900. The van der Waals surface area contributed by atoms with E-state index in [9.17, 15) is 59.6 Å². The van der Waals surface area contributed by atoms with Gasteiger partial charge < -0.3 is 14.2 Å². The molecule has 2 rings (SSSR count). The molecule has 0 aromatic carbocycles. The van der Waals surface area contributed by atoms with Crippen molar-refractivity contribution in [1.29, 1.82) is 0 Å². The number of rotatable bonds is 16. The largest absolute Gasteiger partial charge is 0.397 e. The highest BCUT2D eigenvalue weighted by Gasteiger charge is 2.55. The Bertz CT molecular complexity index is 1660. The van der Waals surface area contributed by atoms with Crippen molar-refractivity contribution in [1.82, 2.24) is 0 Å². The van der Waals surface area contributed by atoms with E-state index < -0.39 is 131 Å². The molecule has 0 spiro atoms. The van der Waals surface area contributed by atoms with Crippen LogP contribution in [0.3, 0.4) is 0 Å². The van der Waals surface area contributed by atoms with Crippen molar-refractivity contribution in [2.75, 3.05) is 19.8 Å². The summed E-state index contributed by atoms with van der Waals surface area (Å²) in [5.41, 5.74) is 0. The minimum Gasteiger partial charge on any atom is -0.364 e. The van der Waals surface area contributed by atoms with Crippen LogP contribution in [0.25, 0.3) is 0 Å². The second-order valence-electron chi connectivity index (χ2n) is 7.97. The molecule has 27 nitrogen and oxygen atoms in total. The molecule has 44 heavy (non-hydrogen) atoms. The Balaban J connectivity index is 2.62. The molecule has 2 aliphatic rings. The molecule has 33 heteroatoms. The summed E-state index contributed by atoms with van der Waals surface area (Å²) >= 11 is 0. The summed E-state index contributed by atoms with van der Waals surface area (Å²) in [5.74, 6) is 0. The first kappa shape index (κ1) is 39.3. The molecule has 8 atom stereocenters. The van der Waals surface area contributed by atoms with E-state index in [0.29, 0.717) is 0 Å². The quantitative estimate of drug-likeness (QED) is 0.0798. The number of ether oxygens (including phenoxy) is 3. The maximum absolute atomic E-state index is 11.5. The third kappa shape index (κ3) is 14.3. The smallest absolute Gasteiger partial charge is 0.364 e. The van der Waals surface area contributed by atoms with Gasteiger partial charge in [-0.05, 0) is 0 Å². The Morgan fingerprint density at radius 3 is 1.30 bits per heavy atom. The average molecular weight is 777 g/mol. The van der Waals surface area contributed by atoms with Crippen LogP contribution in [0.1, 0.15) is 0 Å². The lowest BCUT2D eigenvalue weighted by atomic mass is 10.0. The maximum atomic E-state index is 11.5. The fourth-order valence-corrected chi connectivity index (χ4v) is 6.15. The van der Waals surface area contributed by atoms with Crippen molar-refractivity contribution in [3.8, 4) is 0 Å². The Morgan fingerprint density at radius 1 is 0.500 bits per heavy atom. The van der Waals surface area contributed by atoms with Gasteiger partial charge >= 0.3 is 62.4 Å². The predicted molar refractivity (Wildman–Crippen MR) is 124 cm³/mol. The van der Waals surface area contributed by atoms with Crippen LogP contribution in [0.15, 0.2) is 0 Å². The monoisotopic (exact) mass is 776 g/mol. The molecule has 2 aliphatic heterocycles. The lowest BCUT2D eigenvalue weighted by Crippen LogP contribution is -2.60. The highest BCUT2D eigenvalue weighted by Crippen LogP contribution is 2.34. The van der Waals surface area contributed by atoms with Crippen molar-refractivity contribution in [3.63, 3.8) is 0 Å². The highest BCUT2D eigenvalue weighted by atomic mass is 32.3. The summed E-state index contributed by atoms with van der Waals surface area (Å²) in [7, 11) is -33.4. The summed E-state index contributed by atoms with van der Waals surface area (Å²) in [4.78, 5) is 0. The Labute approximate surface area is 247 Å². The summed E-state index contributed by atoms with van der Waals surface area (Å²) in [5, 5.41) is 0. The van der Waals surface area contributed by atoms with Crippen LogP contribution in [-0.2, 0) is 102 Å². The summed E-state index contributed by atoms with van der Waals surface area (Å²) in [6.07, 6.45) is -19.9. The second-order valence-corrected chi connectivity index (χ2v) is 14.3. The lowest BCUT2D eigenvalue weighted by Gasteiger charge is -2.40. The minimum absolute atomic E-state index is 1.32. The molecule has 2 saturated heterocycles. The van der Waals surface area contributed by atoms with Gasteiger partial charge in [-0.25, -0.2) is 25.1 Å². The molecule has 0 aromatic heterocycles. The third-order valence-corrected chi connectivity index (χ3v) is 7.54. The average Bonchev–Trinajstić information content (AvgIpc) is 3.06. The predicted octanol–water partition coefficient (Wildman–Crippen LogP) is -5.11. The van der Waals surface area contributed by atoms with Gasteiger partial charge in [0.1, 0.15) is 36.6 Å². The first-order chi connectivity index (χ1) is 19.5. The topological polar surface area (TPSA) is 409 Å². The standard InChI is InChI=1S/C11H20O27S6/c12-39(13,14)31-2-4-7(8(36-42(21,22)23)5(33-4)3-32-40(15,16)17)34-11-10(38-44(27,28)29)9(37-43(24,25)26)6(1-30-11)35-41(18,19)20/h4-11H,1-3H2,(H,12,13,14)(H,15,16,17)(H,18,19,20)(H,21,22,23)(H,24,25,26)(H,27,28,29)/t4-,5-,6+,7-,8-,9+,10-,11+/m1/s1. The molecule has 0 aromatic rings. The molecular weight excluding hydrogens is 756 g/mol. The molecular formula is C11H20O27S6. The lowest BCUT2D eigenvalue weighted by molar-refractivity contribution is -0.278. The van der Waals surface area contributed by atoms with E-state index >= 15 is 0 Å². The van der Waals surface area contributed by atoms with E-state index in [1.807, 2.05) is 0 Å². The summed E-state index contributed by atoms with van der Waals surface area (Å²) < 4.78 is 230. The van der Waals surface area contributed by atoms with Crippen LogP contribution < -0.4 is 0 Å². The SMILES string of the molecule is O=S(=O)(O)OC[C@H]1O[C@H](COS(=O)(=O)O)[C@@H](OS(=O)(=O)O)[C@@H]1O[C@@H]1OC[C@H](OS(=O)(=O)O)[C@H](OS(=O)(=O)O)[C@H]1OS(=O)(=O)O. The van der Waals surface area contributed by atoms with E-state index in [2.05, 4.69) is 25.1 Å².